The highest BCUT2D eigenvalue weighted by molar-refractivity contribution is 5.95. The summed E-state index contributed by atoms with van der Waals surface area (Å²) < 4.78 is 5.68. The first-order chi connectivity index (χ1) is 9.11. The molecule has 1 atom stereocenters. The van der Waals surface area contributed by atoms with Crippen molar-refractivity contribution in [3.8, 4) is 0 Å². The lowest BCUT2D eigenvalue weighted by molar-refractivity contribution is 0.0527. The smallest absolute Gasteiger partial charge is 0.248 e. The lowest BCUT2D eigenvalue weighted by Crippen LogP contribution is -2.40. The number of carbonyl (C=O) groups is 1. The van der Waals surface area contributed by atoms with Crippen molar-refractivity contribution in [2.24, 2.45) is 5.73 Å². The zero-order valence-electron chi connectivity index (χ0n) is 11.3. The van der Waals surface area contributed by atoms with Gasteiger partial charge < -0.3 is 21.1 Å². The number of nitrogen functional groups attached to an aromatic ring is 1. The van der Waals surface area contributed by atoms with Crippen LogP contribution < -0.4 is 16.4 Å². The van der Waals surface area contributed by atoms with Crippen LogP contribution >= 0.6 is 0 Å². The fourth-order valence-corrected chi connectivity index (χ4v) is 2.50. The number of carbonyl (C=O) groups excluding carboxylic acids is 1. The summed E-state index contributed by atoms with van der Waals surface area (Å²) in [6, 6.07) is 5.16. The SMILES string of the molecule is CCOC1CCCN(c2cc(C(N)=O)ccc2N)C1. The first-order valence-electron chi connectivity index (χ1n) is 6.67. The number of amides is 1. The number of piperidine rings is 1. The van der Waals surface area contributed by atoms with E-state index in [4.69, 9.17) is 16.2 Å². The molecule has 1 aromatic rings. The highest BCUT2D eigenvalue weighted by Gasteiger charge is 2.22. The van der Waals surface area contributed by atoms with Gasteiger partial charge in [-0.2, -0.15) is 0 Å². The summed E-state index contributed by atoms with van der Waals surface area (Å²) >= 11 is 0. The summed E-state index contributed by atoms with van der Waals surface area (Å²) in [5.41, 5.74) is 13.4. The second kappa shape index (κ2) is 5.93. The van der Waals surface area contributed by atoms with Gasteiger partial charge in [0.25, 0.3) is 0 Å². The van der Waals surface area contributed by atoms with E-state index in [0.29, 0.717) is 11.3 Å². The zero-order valence-corrected chi connectivity index (χ0v) is 11.3. The van der Waals surface area contributed by atoms with Gasteiger partial charge in [0.2, 0.25) is 5.91 Å². The van der Waals surface area contributed by atoms with Gasteiger partial charge in [-0.25, -0.2) is 0 Å². The van der Waals surface area contributed by atoms with Crippen molar-refractivity contribution in [2.75, 3.05) is 30.3 Å². The molecule has 5 nitrogen and oxygen atoms in total. The van der Waals surface area contributed by atoms with Gasteiger partial charge in [-0.3, -0.25) is 4.79 Å². The first kappa shape index (κ1) is 13.7. The van der Waals surface area contributed by atoms with Crippen molar-refractivity contribution in [2.45, 2.75) is 25.9 Å². The molecule has 0 bridgehead atoms. The number of anilines is 2. The number of hydrogen-bond acceptors (Lipinski definition) is 4. The van der Waals surface area contributed by atoms with E-state index >= 15 is 0 Å². The highest BCUT2D eigenvalue weighted by Crippen LogP contribution is 2.28. The molecule has 2 rings (SSSR count). The molecule has 0 saturated carbocycles. The van der Waals surface area contributed by atoms with Gasteiger partial charge in [-0.1, -0.05) is 0 Å². The average Bonchev–Trinajstić information content (AvgIpc) is 2.39. The number of nitrogens with zero attached hydrogens (tertiary/aromatic N) is 1. The van der Waals surface area contributed by atoms with Crippen LogP contribution in [-0.2, 0) is 4.74 Å². The molecule has 0 spiro atoms. The number of nitrogens with two attached hydrogens (primary N) is 2. The van der Waals surface area contributed by atoms with Crippen LogP contribution in [-0.4, -0.2) is 31.7 Å². The van der Waals surface area contributed by atoms with Gasteiger partial charge in [-0.05, 0) is 38.0 Å². The Morgan fingerprint density at radius 1 is 1.53 bits per heavy atom. The molecule has 104 valence electrons. The number of primary amides is 1. The minimum atomic E-state index is -0.431. The molecule has 1 aliphatic rings. The van der Waals surface area contributed by atoms with E-state index < -0.39 is 5.91 Å². The van der Waals surface area contributed by atoms with Gasteiger partial charge >= 0.3 is 0 Å². The molecule has 1 fully saturated rings. The van der Waals surface area contributed by atoms with Crippen molar-refractivity contribution < 1.29 is 9.53 Å². The molecular formula is C14H21N3O2. The Morgan fingerprint density at radius 2 is 2.32 bits per heavy atom. The maximum Gasteiger partial charge on any atom is 0.248 e. The Balaban J connectivity index is 2.20. The zero-order chi connectivity index (χ0) is 13.8. The summed E-state index contributed by atoms with van der Waals surface area (Å²) in [7, 11) is 0. The van der Waals surface area contributed by atoms with E-state index in [2.05, 4.69) is 4.90 Å². The maximum atomic E-state index is 11.3. The van der Waals surface area contributed by atoms with Crippen molar-refractivity contribution in [3.63, 3.8) is 0 Å². The standard InChI is InChI=1S/C14H21N3O2/c1-2-19-11-4-3-7-17(9-11)13-8-10(14(16)18)5-6-12(13)15/h5-6,8,11H,2-4,7,9,15H2,1H3,(H2,16,18). The molecule has 1 unspecified atom stereocenters. The molecule has 19 heavy (non-hydrogen) atoms. The van der Waals surface area contributed by atoms with E-state index in [0.717, 1.165) is 38.2 Å². The lowest BCUT2D eigenvalue weighted by atomic mass is 10.1. The van der Waals surface area contributed by atoms with Crippen LogP contribution in [0.15, 0.2) is 18.2 Å². The third-order valence-corrected chi connectivity index (χ3v) is 3.44. The van der Waals surface area contributed by atoms with Gasteiger partial charge in [0.15, 0.2) is 0 Å². The minimum Gasteiger partial charge on any atom is -0.397 e. The Kier molecular flexibility index (Phi) is 4.27. The predicted molar refractivity (Wildman–Crippen MR) is 76.2 cm³/mol. The van der Waals surface area contributed by atoms with Crippen molar-refractivity contribution in [1.29, 1.82) is 0 Å². The van der Waals surface area contributed by atoms with Crippen molar-refractivity contribution in [3.05, 3.63) is 23.8 Å². The Labute approximate surface area is 113 Å². The molecule has 1 aliphatic heterocycles. The Hall–Kier alpha value is -1.75. The van der Waals surface area contributed by atoms with E-state index in [9.17, 15) is 4.79 Å². The molecule has 5 heteroatoms. The summed E-state index contributed by atoms with van der Waals surface area (Å²) in [5, 5.41) is 0. The minimum absolute atomic E-state index is 0.232. The van der Waals surface area contributed by atoms with Crippen LogP contribution in [0.5, 0.6) is 0 Å². The van der Waals surface area contributed by atoms with Crippen molar-refractivity contribution in [1.82, 2.24) is 0 Å². The van der Waals surface area contributed by atoms with Crippen LogP contribution in [0.3, 0.4) is 0 Å². The normalized spacial score (nSPS) is 19.4. The van der Waals surface area contributed by atoms with Gasteiger partial charge in [0.1, 0.15) is 0 Å². The van der Waals surface area contributed by atoms with E-state index in [-0.39, 0.29) is 6.10 Å². The summed E-state index contributed by atoms with van der Waals surface area (Å²) in [5.74, 6) is -0.431. The van der Waals surface area contributed by atoms with Crippen LogP contribution in [0.25, 0.3) is 0 Å². The third-order valence-electron chi connectivity index (χ3n) is 3.44. The van der Waals surface area contributed by atoms with E-state index in [1.165, 1.54) is 0 Å². The van der Waals surface area contributed by atoms with E-state index in [1.807, 2.05) is 6.92 Å². The lowest BCUT2D eigenvalue weighted by Gasteiger charge is -2.35. The molecule has 1 heterocycles. The average molecular weight is 263 g/mol. The second-order valence-electron chi connectivity index (χ2n) is 4.80. The fraction of sp³-hybridized carbons (Fsp3) is 0.500. The largest absolute Gasteiger partial charge is 0.397 e. The van der Waals surface area contributed by atoms with Gasteiger partial charge in [0, 0.05) is 25.3 Å². The Bertz CT molecular complexity index is 460. The number of benzene rings is 1. The predicted octanol–water partition coefficient (Wildman–Crippen LogP) is 1.37. The molecule has 4 N–H and O–H groups in total. The monoisotopic (exact) mass is 263 g/mol. The maximum absolute atomic E-state index is 11.3. The molecule has 1 aromatic carbocycles. The second-order valence-corrected chi connectivity index (χ2v) is 4.80. The van der Waals surface area contributed by atoms with Crippen LogP contribution in [0.1, 0.15) is 30.1 Å². The Morgan fingerprint density at radius 3 is 3.00 bits per heavy atom. The first-order valence-corrected chi connectivity index (χ1v) is 6.67. The van der Waals surface area contributed by atoms with Crippen molar-refractivity contribution >= 4 is 17.3 Å². The number of ether oxygens (including phenoxy) is 1. The van der Waals surface area contributed by atoms with Gasteiger partial charge in [-0.15, -0.1) is 0 Å². The third kappa shape index (κ3) is 3.17. The summed E-state index contributed by atoms with van der Waals surface area (Å²) in [6.07, 6.45) is 2.36. The highest BCUT2D eigenvalue weighted by atomic mass is 16.5. The topological polar surface area (TPSA) is 81.6 Å². The quantitative estimate of drug-likeness (QED) is 0.804. The number of rotatable bonds is 4. The number of hydrogen-bond donors (Lipinski definition) is 2. The summed E-state index contributed by atoms with van der Waals surface area (Å²) in [4.78, 5) is 13.4. The summed E-state index contributed by atoms with van der Waals surface area (Å²) in [6.45, 7) is 4.45. The van der Waals surface area contributed by atoms with Crippen LogP contribution in [0.4, 0.5) is 11.4 Å². The fourth-order valence-electron chi connectivity index (χ4n) is 2.50. The van der Waals surface area contributed by atoms with Crippen LogP contribution in [0.2, 0.25) is 0 Å². The van der Waals surface area contributed by atoms with E-state index in [1.54, 1.807) is 18.2 Å². The molecule has 0 radical (unpaired) electrons. The van der Waals surface area contributed by atoms with Gasteiger partial charge in [0.05, 0.1) is 17.5 Å². The molecule has 1 saturated heterocycles. The molecule has 0 aliphatic carbocycles. The molecule has 0 aromatic heterocycles. The molecular weight excluding hydrogens is 242 g/mol. The van der Waals surface area contributed by atoms with Crippen LogP contribution in [0, 0.1) is 0 Å². The molecule has 1 amide bonds.